The van der Waals surface area contributed by atoms with Crippen molar-refractivity contribution < 1.29 is 26.3 Å². The van der Waals surface area contributed by atoms with Crippen LogP contribution in [0.4, 0.5) is 26.3 Å². The number of benzene rings is 2. The van der Waals surface area contributed by atoms with E-state index in [0.29, 0.717) is 0 Å². The molecule has 0 saturated heterocycles. The average Bonchev–Trinajstić information content (AvgIpc) is 3.56. The van der Waals surface area contributed by atoms with Crippen LogP contribution >= 0.6 is 31.9 Å². The highest BCUT2D eigenvalue weighted by atomic mass is 79.9. The second-order valence-corrected chi connectivity index (χ2v) is 9.51. The molecule has 36 heavy (non-hydrogen) atoms. The number of alkyl halides is 2. The summed E-state index contributed by atoms with van der Waals surface area (Å²) in [6, 6.07) is 6.38. The van der Waals surface area contributed by atoms with Gasteiger partial charge in [0.15, 0.2) is 47.3 Å². The second kappa shape index (κ2) is 9.61. The van der Waals surface area contributed by atoms with E-state index in [1.807, 2.05) is 0 Å². The van der Waals surface area contributed by atoms with Gasteiger partial charge in [-0.2, -0.15) is 0 Å². The molecule has 6 nitrogen and oxygen atoms in total. The second-order valence-electron chi connectivity index (χ2n) is 8.09. The van der Waals surface area contributed by atoms with Crippen LogP contribution in [0.1, 0.15) is 60.0 Å². The molecule has 4 atom stereocenters. The van der Waals surface area contributed by atoms with Crippen LogP contribution in [0.2, 0.25) is 0 Å². The third-order valence-corrected chi connectivity index (χ3v) is 6.63. The molecule has 0 amide bonds. The Balaban J connectivity index is 0.000000148. The number of halogens is 8. The molecule has 0 N–H and O–H groups in total. The summed E-state index contributed by atoms with van der Waals surface area (Å²) >= 11 is 6.08. The summed E-state index contributed by atoms with van der Waals surface area (Å²) in [7, 11) is 0. The van der Waals surface area contributed by atoms with Crippen molar-refractivity contribution in [2.75, 3.05) is 0 Å². The van der Waals surface area contributed by atoms with Gasteiger partial charge in [0.25, 0.3) is 0 Å². The van der Waals surface area contributed by atoms with Crippen LogP contribution in [-0.4, -0.2) is 29.5 Å². The van der Waals surface area contributed by atoms with E-state index in [0.717, 1.165) is 12.1 Å². The third-order valence-electron chi connectivity index (χ3n) is 5.96. The molecular formula is C22H14Br2F6N6. The fraction of sp³-hybridized carbons (Fsp3) is 0.273. The first-order valence-electron chi connectivity index (χ1n) is 10.6. The van der Waals surface area contributed by atoms with Crippen LogP contribution in [0.25, 0.3) is 0 Å². The minimum atomic E-state index is -1.32. The fourth-order valence-electron chi connectivity index (χ4n) is 4.38. The van der Waals surface area contributed by atoms with Crippen molar-refractivity contribution in [2.45, 2.75) is 37.3 Å². The van der Waals surface area contributed by atoms with Gasteiger partial charge in [-0.25, -0.2) is 45.7 Å². The van der Waals surface area contributed by atoms with Crippen molar-refractivity contribution in [3.63, 3.8) is 0 Å². The minimum absolute atomic E-state index is 0.0169. The molecule has 4 heterocycles. The summed E-state index contributed by atoms with van der Waals surface area (Å²) in [5.74, 6) is -3.56. The zero-order valence-electron chi connectivity index (χ0n) is 17.9. The molecule has 6 rings (SSSR count). The molecule has 2 aromatic carbocycles. The van der Waals surface area contributed by atoms with Gasteiger partial charge < -0.3 is 0 Å². The summed E-state index contributed by atoms with van der Waals surface area (Å²) in [6.45, 7) is 0. The van der Waals surface area contributed by atoms with Crippen molar-refractivity contribution in [3.05, 3.63) is 91.9 Å². The van der Waals surface area contributed by atoms with E-state index >= 15 is 0 Å². The first-order valence-corrected chi connectivity index (χ1v) is 12.1. The van der Waals surface area contributed by atoms with Crippen LogP contribution < -0.4 is 0 Å². The van der Waals surface area contributed by atoms with E-state index in [2.05, 4.69) is 52.0 Å². The van der Waals surface area contributed by atoms with Crippen molar-refractivity contribution in [1.29, 1.82) is 0 Å². The summed E-state index contributed by atoms with van der Waals surface area (Å²) in [5, 5.41) is 7.93. The first-order chi connectivity index (χ1) is 17.2. The topological polar surface area (TPSA) is 61.4 Å². The lowest BCUT2D eigenvalue weighted by molar-refractivity contribution is 0.325. The van der Waals surface area contributed by atoms with Crippen molar-refractivity contribution in [3.8, 4) is 0 Å². The van der Waals surface area contributed by atoms with Crippen molar-refractivity contribution in [1.82, 2.24) is 29.5 Å². The van der Waals surface area contributed by atoms with Crippen LogP contribution in [0, 0.1) is 23.3 Å². The quantitative estimate of drug-likeness (QED) is 0.232. The molecule has 0 aliphatic carbocycles. The number of fused-ring (bicyclic) bond motifs is 2. The fourth-order valence-corrected chi connectivity index (χ4v) is 5.08. The summed E-state index contributed by atoms with van der Waals surface area (Å²) < 4.78 is 84.3. The predicted octanol–water partition coefficient (Wildman–Crippen LogP) is 6.65. The normalized spacial score (nSPS) is 22.2. The maximum Gasteiger partial charge on any atom is 0.217 e. The molecule has 188 valence electrons. The highest BCUT2D eigenvalue weighted by Gasteiger charge is 2.38. The van der Waals surface area contributed by atoms with Gasteiger partial charge >= 0.3 is 0 Å². The summed E-state index contributed by atoms with van der Waals surface area (Å²) in [4.78, 5) is 7.75. The molecule has 0 spiro atoms. The molecule has 2 aliphatic rings. The monoisotopic (exact) mass is 634 g/mol. The zero-order chi connectivity index (χ0) is 25.7. The number of aromatic nitrogens is 6. The molecule has 0 unspecified atom stereocenters. The molecule has 2 aromatic heterocycles. The van der Waals surface area contributed by atoms with Crippen LogP contribution in [0.15, 0.2) is 45.9 Å². The van der Waals surface area contributed by atoms with Crippen LogP contribution in [0.3, 0.4) is 0 Å². The molecule has 2 aliphatic heterocycles. The van der Waals surface area contributed by atoms with E-state index in [9.17, 15) is 26.3 Å². The Labute approximate surface area is 216 Å². The minimum Gasteiger partial charge on any atom is -0.239 e. The van der Waals surface area contributed by atoms with Gasteiger partial charge in [-0.3, -0.25) is 0 Å². The Morgan fingerprint density at radius 2 is 1.06 bits per heavy atom. The molecule has 0 bridgehead atoms. The zero-order valence-corrected chi connectivity index (χ0v) is 21.1. The Kier molecular flexibility index (Phi) is 6.66. The summed E-state index contributed by atoms with van der Waals surface area (Å²) in [6.07, 6.45) is -2.61. The number of nitrogens with zero attached hydrogens (tertiary/aromatic N) is 6. The standard InChI is InChI=1S/2C11H7BrF3N3/c2*12-11-16-10-7(14)4-8(18(10)17-11)5-2-1-3-6(13)9(5)15/h2*1-3,7-8H,4H2/t2*7-,8-/m10/s1. The van der Waals surface area contributed by atoms with Crippen molar-refractivity contribution in [2.24, 2.45) is 0 Å². The highest BCUT2D eigenvalue weighted by Crippen LogP contribution is 2.42. The predicted molar refractivity (Wildman–Crippen MR) is 121 cm³/mol. The van der Waals surface area contributed by atoms with Gasteiger partial charge in [0, 0.05) is 24.0 Å². The Bertz CT molecular complexity index is 1330. The van der Waals surface area contributed by atoms with Gasteiger partial charge in [-0.1, -0.05) is 24.3 Å². The van der Waals surface area contributed by atoms with E-state index in [4.69, 9.17) is 0 Å². The molecule has 0 saturated carbocycles. The van der Waals surface area contributed by atoms with Gasteiger partial charge in [0.2, 0.25) is 9.47 Å². The Morgan fingerprint density at radius 1 is 0.667 bits per heavy atom. The maximum atomic E-state index is 13.7. The van der Waals surface area contributed by atoms with E-state index in [1.165, 1.54) is 33.6 Å². The van der Waals surface area contributed by atoms with E-state index in [1.54, 1.807) is 0 Å². The lowest BCUT2D eigenvalue weighted by atomic mass is 10.0. The highest BCUT2D eigenvalue weighted by molar-refractivity contribution is 9.10. The van der Waals surface area contributed by atoms with Crippen molar-refractivity contribution >= 4 is 31.9 Å². The van der Waals surface area contributed by atoms with Crippen LogP contribution in [-0.2, 0) is 0 Å². The Hall–Kier alpha value is -2.74. The molecule has 0 radical (unpaired) electrons. The van der Waals surface area contributed by atoms with E-state index in [-0.39, 0.29) is 45.1 Å². The van der Waals surface area contributed by atoms with Gasteiger partial charge in [-0.05, 0) is 44.0 Å². The number of rotatable bonds is 2. The smallest absolute Gasteiger partial charge is 0.217 e. The summed E-state index contributed by atoms with van der Waals surface area (Å²) in [5.41, 5.74) is 0.183. The van der Waals surface area contributed by atoms with Gasteiger partial charge in [0.05, 0.1) is 12.1 Å². The third kappa shape index (κ3) is 4.33. The maximum absolute atomic E-state index is 13.7. The molecule has 0 fully saturated rings. The lowest BCUT2D eigenvalue weighted by Gasteiger charge is -2.12. The molecule has 4 aromatic rings. The molecule has 14 heteroatoms. The van der Waals surface area contributed by atoms with Gasteiger partial charge in [-0.15, -0.1) is 10.2 Å². The number of hydrogen-bond acceptors (Lipinski definition) is 4. The number of hydrogen-bond donors (Lipinski definition) is 0. The molecular weight excluding hydrogens is 622 g/mol. The van der Waals surface area contributed by atoms with Gasteiger partial charge in [0.1, 0.15) is 0 Å². The lowest BCUT2D eigenvalue weighted by Crippen LogP contribution is -2.10. The SMILES string of the molecule is Fc1cccc([C@@H]2C[C@H](F)c3nc(Br)nn32)c1F.Fc1cccc([C@H]2C[C@@H](F)c3nc(Br)nn32)c1F. The first kappa shape index (κ1) is 24.9. The van der Waals surface area contributed by atoms with E-state index < -0.39 is 47.7 Å². The Morgan fingerprint density at radius 3 is 1.44 bits per heavy atom. The van der Waals surface area contributed by atoms with Crippen LogP contribution in [0.5, 0.6) is 0 Å². The average molecular weight is 636 g/mol. The largest absolute Gasteiger partial charge is 0.239 e.